The standard InChI is InChI=1S/C19H19N3O5/c1-25-15-8-7-13(10-16(15)26-2)18-21-17(22-27-18)12-5-3-11(4-6-12)9-14(20)19(23)24/h3-8,10,14H,9,20H2,1-2H3,(H,23,24)/t14-/m0/s1. The molecule has 2 aromatic carbocycles. The maximum atomic E-state index is 10.8. The molecular weight excluding hydrogens is 350 g/mol. The van der Waals surface area contributed by atoms with Crippen LogP contribution in [0.15, 0.2) is 47.0 Å². The highest BCUT2D eigenvalue weighted by Gasteiger charge is 2.15. The molecule has 0 fully saturated rings. The minimum Gasteiger partial charge on any atom is -0.493 e. The number of hydrogen-bond acceptors (Lipinski definition) is 7. The number of methoxy groups -OCH3 is 2. The van der Waals surface area contributed by atoms with Gasteiger partial charge in [-0.05, 0) is 30.2 Å². The van der Waals surface area contributed by atoms with Gasteiger partial charge in [0.2, 0.25) is 5.82 Å². The van der Waals surface area contributed by atoms with Crippen LogP contribution >= 0.6 is 0 Å². The maximum absolute atomic E-state index is 10.8. The average Bonchev–Trinajstić information content (AvgIpc) is 3.18. The summed E-state index contributed by atoms with van der Waals surface area (Å²) in [6, 6.07) is 11.6. The molecule has 3 aromatic rings. The third kappa shape index (κ3) is 4.06. The molecule has 0 spiro atoms. The second-order valence-corrected chi connectivity index (χ2v) is 5.84. The summed E-state index contributed by atoms with van der Waals surface area (Å²) in [4.78, 5) is 15.2. The molecule has 1 heterocycles. The first kappa shape index (κ1) is 18.4. The lowest BCUT2D eigenvalue weighted by Crippen LogP contribution is -2.32. The molecule has 0 saturated heterocycles. The molecule has 140 valence electrons. The molecule has 27 heavy (non-hydrogen) atoms. The zero-order valence-corrected chi connectivity index (χ0v) is 14.9. The summed E-state index contributed by atoms with van der Waals surface area (Å²) < 4.78 is 15.9. The van der Waals surface area contributed by atoms with Gasteiger partial charge in [0.15, 0.2) is 11.5 Å². The molecule has 3 rings (SSSR count). The highest BCUT2D eigenvalue weighted by Crippen LogP contribution is 2.32. The highest BCUT2D eigenvalue weighted by atomic mass is 16.5. The first-order chi connectivity index (χ1) is 13.0. The van der Waals surface area contributed by atoms with E-state index in [0.717, 1.165) is 11.1 Å². The summed E-state index contributed by atoms with van der Waals surface area (Å²) in [6.07, 6.45) is 0.249. The van der Waals surface area contributed by atoms with Crippen molar-refractivity contribution < 1.29 is 23.9 Å². The lowest BCUT2D eigenvalue weighted by Gasteiger charge is -2.07. The van der Waals surface area contributed by atoms with E-state index in [1.807, 2.05) is 0 Å². The molecule has 0 aliphatic carbocycles. The number of carboxylic acid groups (broad SMARTS) is 1. The van der Waals surface area contributed by atoms with Crippen LogP contribution in [0.25, 0.3) is 22.8 Å². The second kappa shape index (κ2) is 7.88. The Morgan fingerprint density at radius 1 is 1.11 bits per heavy atom. The summed E-state index contributed by atoms with van der Waals surface area (Å²) in [6.45, 7) is 0. The van der Waals surface area contributed by atoms with Crippen molar-refractivity contribution in [3.63, 3.8) is 0 Å². The van der Waals surface area contributed by atoms with Crippen LogP contribution < -0.4 is 15.2 Å². The van der Waals surface area contributed by atoms with Gasteiger partial charge in [-0.25, -0.2) is 0 Å². The van der Waals surface area contributed by atoms with E-state index in [2.05, 4.69) is 10.1 Å². The first-order valence-corrected chi connectivity index (χ1v) is 8.15. The number of nitrogens with two attached hydrogens (primary N) is 1. The Bertz CT molecular complexity index is 937. The van der Waals surface area contributed by atoms with Crippen molar-refractivity contribution in [3.8, 4) is 34.3 Å². The molecule has 8 heteroatoms. The number of aliphatic carboxylic acids is 1. The molecule has 1 aromatic heterocycles. The molecular formula is C19H19N3O5. The van der Waals surface area contributed by atoms with Crippen LogP contribution in [0.3, 0.4) is 0 Å². The Labute approximate surface area is 155 Å². The first-order valence-electron chi connectivity index (χ1n) is 8.15. The summed E-state index contributed by atoms with van der Waals surface area (Å²) in [5.41, 5.74) is 7.82. The van der Waals surface area contributed by atoms with Crippen LogP contribution in [0.2, 0.25) is 0 Å². The number of carboxylic acids is 1. The normalized spacial score (nSPS) is 11.8. The number of benzene rings is 2. The lowest BCUT2D eigenvalue weighted by molar-refractivity contribution is -0.138. The van der Waals surface area contributed by atoms with E-state index in [-0.39, 0.29) is 6.42 Å². The summed E-state index contributed by atoms with van der Waals surface area (Å²) in [5.74, 6) is 0.915. The van der Waals surface area contributed by atoms with Crippen LogP contribution in [-0.4, -0.2) is 41.5 Å². The van der Waals surface area contributed by atoms with E-state index < -0.39 is 12.0 Å². The van der Waals surface area contributed by atoms with Gasteiger partial charge in [0, 0.05) is 11.1 Å². The Balaban J connectivity index is 1.80. The largest absolute Gasteiger partial charge is 0.493 e. The average molecular weight is 369 g/mol. The third-order valence-corrected chi connectivity index (χ3v) is 4.04. The van der Waals surface area contributed by atoms with Gasteiger partial charge in [-0.2, -0.15) is 4.98 Å². The van der Waals surface area contributed by atoms with E-state index >= 15 is 0 Å². The molecule has 8 nitrogen and oxygen atoms in total. The molecule has 0 aliphatic heterocycles. The summed E-state index contributed by atoms with van der Waals surface area (Å²) in [5, 5.41) is 12.9. The highest BCUT2D eigenvalue weighted by molar-refractivity contribution is 5.73. The number of nitrogens with zero attached hydrogens (tertiary/aromatic N) is 2. The van der Waals surface area contributed by atoms with Gasteiger partial charge < -0.3 is 24.8 Å². The molecule has 0 saturated carbocycles. The fraction of sp³-hybridized carbons (Fsp3) is 0.211. The van der Waals surface area contributed by atoms with Crippen LogP contribution in [0, 0.1) is 0 Å². The predicted molar refractivity (Wildman–Crippen MR) is 97.6 cm³/mol. The minimum atomic E-state index is -1.03. The number of rotatable bonds is 7. The topological polar surface area (TPSA) is 121 Å². The van der Waals surface area contributed by atoms with Gasteiger partial charge in [0.05, 0.1) is 14.2 Å². The Kier molecular flexibility index (Phi) is 5.37. The molecule has 1 atom stereocenters. The van der Waals surface area contributed by atoms with Crippen LogP contribution in [0.4, 0.5) is 0 Å². The zero-order chi connectivity index (χ0) is 19.4. The second-order valence-electron chi connectivity index (χ2n) is 5.84. The third-order valence-electron chi connectivity index (χ3n) is 4.04. The van der Waals surface area contributed by atoms with Crippen LogP contribution in [-0.2, 0) is 11.2 Å². The van der Waals surface area contributed by atoms with Crippen molar-refractivity contribution in [2.24, 2.45) is 5.73 Å². The van der Waals surface area contributed by atoms with Gasteiger partial charge >= 0.3 is 5.97 Å². The minimum absolute atomic E-state index is 0.249. The molecule has 0 bridgehead atoms. The Morgan fingerprint density at radius 3 is 2.41 bits per heavy atom. The molecule has 0 amide bonds. The molecule has 0 unspecified atom stereocenters. The monoisotopic (exact) mass is 369 g/mol. The number of aromatic nitrogens is 2. The zero-order valence-electron chi connectivity index (χ0n) is 14.9. The van der Waals surface area contributed by atoms with E-state index in [0.29, 0.717) is 28.8 Å². The van der Waals surface area contributed by atoms with Crippen molar-refractivity contribution in [2.45, 2.75) is 12.5 Å². The fourth-order valence-electron chi connectivity index (χ4n) is 2.56. The fourth-order valence-corrected chi connectivity index (χ4v) is 2.56. The molecule has 3 N–H and O–H groups in total. The summed E-state index contributed by atoms with van der Waals surface area (Å²) >= 11 is 0. The van der Waals surface area contributed by atoms with Gasteiger partial charge in [0.1, 0.15) is 6.04 Å². The van der Waals surface area contributed by atoms with E-state index in [4.69, 9.17) is 24.8 Å². The Hall–Kier alpha value is -3.39. The van der Waals surface area contributed by atoms with Crippen LogP contribution in [0.1, 0.15) is 5.56 Å². The van der Waals surface area contributed by atoms with Gasteiger partial charge in [-0.1, -0.05) is 29.4 Å². The van der Waals surface area contributed by atoms with Gasteiger partial charge in [-0.3, -0.25) is 4.79 Å². The SMILES string of the molecule is COc1ccc(-c2nc(-c3ccc(C[C@H](N)C(=O)O)cc3)no2)cc1OC. The number of hydrogen-bond donors (Lipinski definition) is 2. The maximum Gasteiger partial charge on any atom is 0.320 e. The van der Waals surface area contributed by atoms with Crippen LogP contribution in [0.5, 0.6) is 11.5 Å². The van der Waals surface area contributed by atoms with E-state index in [1.165, 1.54) is 0 Å². The van der Waals surface area contributed by atoms with Gasteiger partial charge in [0.25, 0.3) is 5.89 Å². The predicted octanol–water partition coefficient (Wildman–Crippen LogP) is 2.38. The van der Waals surface area contributed by atoms with E-state index in [1.54, 1.807) is 56.7 Å². The smallest absolute Gasteiger partial charge is 0.320 e. The lowest BCUT2D eigenvalue weighted by atomic mass is 10.0. The van der Waals surface area contributed by atoms with E-state index in [9.17, 15) is 4.79 Å². The number of carbonyl (C=O) groups is 1. The Morgan fingerprint density at radius 2 is 1.78 bits per heavy atom. The summed E-state index contributed by atoms with van der Waals surface area (Å²) in [7, 11) is 3.12. The van der Waals surface area contributed by atoms with Crippen molar-refractivity contribution in [2.75, 3.05) is 14.2 Å². The van der Waals surface area contributed by atoms with Crippen molar-refractivity contribution in [3.05, 3.63) is 48.0 Å². The number of ether oxygens (including phenoxy) is 2. The van der Waals surface area contributed by atoms with Crippen molar-refractivity contribution in [1.29, 1.82) is 0 Å². The quantitative estimate of drug-likeness (QED) is 0.651. The van der Waals surface area contributed by atoms with Crippen molar-refractivity contribution in [1.82, 2.24) is 10.1 Å². The molecule has 0 radical (unpaired) electrons. The van der Waals surface area contributed by atoms with Crippen molar-refractivity contribution >= 4 is 5.97 Å². The molecule has 0 aliphatic rings. The van der Waals surface area contributed by atoms with Gasteiger partial charge in [-0.15, -0.1) is 0 Å².